The van der Waals surface area contributed by atoms with Gasteiger partial charge in [0, 0.05) is 23.8 Å². The molecular weight excluding hydrogens is 314 g/mol. The molecule has 1 aliphatic heterocycles. The van der Waals surface area contributed by atoms with Crippen LogP contribution in [0.5, 0.6) is 5.75 Å². The van der Waals surface area contributed by atoms with Gasteiger partial charge in [0.1, 0.15) is 10.6 Å². The highest BCUT2D eigenvalue weighted by molar-refractivity contribution is 8.13. The Morgan fingerprint density at radius 2 is 1.90 bits per heavy atom. The van der Waals surface area contributed by atoms with Crippen LogP contribution >= 0.6 is 10.7 Å². The molecule has 1 amide bonds. The molecule has 0 saturated carbocycles. The van der Waals surface area contributed by atoms with Crippen LogP contribution in [0, 0.1) is 13.8 Å². The van der Waals surface area contributed by atoms with E-state index in [0.717, 1.165) is 31.5 Å². The van der Waals surface area contributed by atoms with Gasteiger partial charge < -0.3 is 9.64 Å². The zero-order valence-electron chi connectivity index (χ0n) is 12.1. The minimum Gasteiger partial charge on any atom is -0.482 e. The molecule has 0 spiro atoms. The Balaban J connectivity index is 2.21. The summed E-state index contributed by atoms with van der Waals surface area (Å²) in [6, 6.07) is 3.24. The fraction of sp³-hybridized carbons (Fsp3) is 0.500. The standard InChI is InChI=1S/C14H18ClNO4S/c1-10-7-11(2)14(12(8-10)21(15,18)19)20-9-13(17)16-5-3-4-6-16/h7-8H,3-6,9H2,1-2H3. The van der Waals surface area contributed by atoms with Crippen LogP contribution in [0.3, 0.4) is 0 Å². The van der Waals surface area contributed by atoms with Crippen LogP contribution in [0.4, 0.5) is 0 Å². The molecule has 0 atom stereocenters. The lowest BCUT2D eigenvalue weighted by atomic mass is 10.1. The molecule has 5 nitrogen and oxygen atoms in total. The fourth-order valence-electron chi connectivity index (χ4n) is 2.47. The molecule has 1 fully saturated rings. The number of nitrogens with zero attached hydrogens (tertiary/aromatic N) is 1. The maximum atomic E-state index is 12.0. The van der Waals surface area contributed by atoms with Crippen molar-refractivity contribution in [2.24, 2.45) is 0 Å². The second-order valence-electron chi connectivity index (χ2n) is 5.22. The van der Waals surface area contributed by atoms with Crippen LogP contribution in [0.1, 0.15) is 24.0 Å². The summed E-state index contributed by atoms with van der Waals surface area (Å²) in [5.41, 5.74) is 1.41. The third kappa shape index (κ3) is 3.89. The van der Waals surface area contributed by atoms with Crippen molar-refractivity contribution in [1.29, 1.82) is 0 Å². The van der Waals surface area contributed by atoms with E-state index in [1.165, 1.54) is 6.07 Å². The second-order valence-corrected chi connectivity index (χ2v) is 7.76. The number of ether oxygens (including phenoxy) is 1. The van der Waals surface area contributed by atoms with Gasteiger partial charge in [-0.15, -0.1) is 0 Å². The molecule has 1 aromatic rings. The molecule has 0 radical (unpaired) electrons. The van der Waals surface area contributed by atoms with Crippen molar-refractivity contribution in [3.63, 3.8) is 0 Å². The van der Waals surface area contributed by atoms with E-state index in [2.05, 4.69) is 0 Å². The van der Waals surface area contributed by atoms with E-state index in [1.807, 2.05) is 0 Å². The summed E-state index contributed by atoms with van der Waals surface area (Å²) in [5, 5.41) is 0. The maximum absolute atomic E-state index is 12.0. The summed E-state index contributed by atoms with van der Waals surface area (Å²) in [7, 11) is 1.52. The number of benzene rings is 1. The van der Waals surface area contributed by atoms with Crippen molar-refractivity contribution in [2.75, 3.05) is 19.7 Å². The van der Waals surface area contributed by atoms with E-state index < -0.39 is 9.05 Å². The average molecular weight is 332 g/mol. The predicted octanol–water partition coefficient (Wildman–Crippen LogP) is 2.23. The number of rotatable bonds is 4. The van der Waals surface area contributed by atoms with Crippen LogP contribution in [-0.2, 0) is 13.8 Å². The Hall–Kier alpha value is -1.27. The van der Waals surface area contributed by atoms with E-state index in [1.54, 1.807) is 24.8 Å². The Labute approximate surface area is 129 Å². The quantitative estimate of drug-likeness (QED) is 0.794. The number of halogens is 1. The van der Waals surface area contributed by atoms with E-state index in [9.17, 15) is 13.2 Å². The number of amides is 1. The number of likely N-dealkylation sites (tertiary alicyclic amines) is 1. The SMILES string of the molecule is Cc1cc(C)c(OCC(=O)N2CCCC2)c(S(=O)(=O)Cl)c1. The largest absolute Gasteiger partial charge is 0.482 e. The zero-order chi connectivity index (χ0) is 15.6. The second kappa shape index (κ2) is 6.23. The molecule has 7 heteroatoms. The monoisotopic (exact) mass is 331 g/mol. The normalized spacial score (nSPS) is 15.3. The molecule has 116 valence electrons. The summed E-state index contributed by atoms with van der Waals surface area (Å²) in [5.74, 6) is 0.0218. The van der Waals surface area contributed by atoms with Crippen molar-refractivity contribution < 1.29 is 17.9 Å². The molecule has 21 heavy (non-hydrogen) atoms. The molecule has 2 rings (SSSR count). The fourth-order valence-corrected chi connectivity index (χ4v) is 3.59. The molecule has 1 aromatic carbocycles. The lowest BCUT2D eigenvalue weighted by molar-refractivity contribution is -0.132. The summed E-state index contributed by atoms with van der Waals surface area (Å²) < 4.78 is 28.8. The third-order valence-corrected chi connectivity index (χ3v) is 4.77. The van der Waals surface area contributed by atoms with Crippen LogP contribution < -0.4 is 4.74 Å². The van der Waals surface area contributed by atoms with E-state index >= 15 is 0 Å². The number of aryl methyl sites for hydroxylation is 2. The van der Waals surface area contributed by atoms with Gasteiger partial charge in [0.05, 0.1) is 0 Å². The van der Waals surface area contributed by atoms with Crippen molar-refractivity contribution in [3.05, 3.63) is 23.3 Å². The van der Waals surface area contributed by atoms with Crippen LogP contribution in [0.25, 0.3) is 0 Å². The van der Waals surface area contributed by atoms with Gasteiger partial charge in [-0.05, 0) is 43.9 Å². The zero-order valence-corrected chi connectivity index (χ0v) is 13.6. The first-order valence-electron chi connectivity index (χ1n) is 6.75. The summed E-state index contributed by atoms with van der Waals surface area (Å²) >= 11 is 0. The minimum atomic E-state index is -3.92. The molecule has 0 aromatic heterocycles. The van der Waals surface area contributed by atoms with Crippen molar-refractivity contribution >= 4 is 25.6 Å². The number of carbonyl (C=O) groups is 1. The van der Waals surface area contributed by atoms with Gasteiger partial charge in [0.15, 0.2) is 6.61 Å². The van der Waals surface area contributed by atoms with Crippen LogP contribution in [0.2, 0.25) is 0 Å². The Morgan fingerprint density at radius 1 is 1.29 bits per heavy atom. The molecule has 0 unspecified atom stereocenters. The van der Waals surface area contributed by atoms with Crippen molar-refractivity contribution in [3.8, 4) is 5.75 Å². The van der Waals surface area contributed by atoms with Gasteiger partial charge in [-0.2, -0.15) is 0 Å². The predicted molar refractivity (Wildman–Crippen MR) is 80.3 cm³/mol. The van der Waals surface area contributed by atoms with Gasteiger partial charge in [-0.25, -0.2) is 8.42 Å². The minimum absolute atomic E-state index is 0.0871. The molecular formula is C14H18ClNO4S. The Morgan fingerprint density at radius 3 is 2.48 bits per heavy atom. The summed E-state index contributed by atoms with van der Waals surface area (Å²) in [6.45, 7) is 4.79. The Kier molecular flexibility index (Phi) is 4.78. The van der Waals surface area contributed by atoms with Gasteiger partial charge >= 0.3 is 0 Å². The smallest absolute Gasteiger partial charge is 0.265 e. The van der Waals surface area contributed by atoms with Gasteiger partial charge in [-0.1, -0.05) is 6.07 Å². The lowest BCUT2D eigenvalue weighted by Gasteiger charge is -2.17. The topological polar surface area (TPSA) is 63.7 Å². The van der Waals surface area contributed by atoms with E-state index in [0.29, 0.717) is 5.56 Å². The number of hydrogen-bond acceptors (Lipinski definition) is 4. The highest BCUT2D eigenvalue weighted by Crippen LogP contribution is 2.31. The molecule has 1 aliphatic rings. The highest BCUT2D eigenvalue weighted by atomic mass is 35.7. The van der Waals surface area contributed by atoms with Crippen LogP contribution in [-0.4, -0.2) is 38.9 Å². The van der Waals surface area contributed by atoms with Crippen molar-refractivity contribution in [1.82, 2.24) is 4.90 Å². The first-order valence-corrected chi connectivity index (χ1v) is 9.06. The first-order chi connectivity index (χ1) is 9.79. The molecule has 0 N–H and O–H groups in total. The molecule has 0 bridgehead atoms. The first kappa shape index (κ1) is 16.1. The lowest BCUT2D eigenvalue weighted by Crippen LogP contribution is -2.32. The van der Waals surface area contributed by atoms with Crippen molar-refractivity contribution in [2.45, 2.75) is 31.6 Å². The maximum Gasteiger partial charge on any atom is 0.265 e. The highest BCUT2D eigenvalue weighted by Gasteiger charge is 2.22. The van der Waals surface area contributed by atoms with Gasteiger partial charge in [-0.3, -0.25) is 4.79 Å². The molecule has 0 aliphatic carbocycles. The van der Waals surface area contributed by atoms with Gasteiger partial charge in [0.2, 0.25) is 0 Å². The average Bonchev–Trinajstić information content (AvgIpc) is 2.89. The van der Waals surface area contributed by atoms with E-state index in [4.69, 9.17) is 15.4 Å². The summed E-state index contributed by atoms with van der Waals surface area (Å²) in [4.78, 5) is 13.6. The number of carbonyl (C=O) groups excluding carboxylic acids is 1. The molecule has 1 saturated heterocycles. The number of hydrogen-bond donors (Lipinski definition) is 0. The van der Waals surface area contributed by atoms with Crippen LogP contribution in [0.15, 0.2) is 17.0 Å². The van der Waals surface area contributed by atoms with E-state index in [-0.39, 0.29) is 23.2 Å². The summed E-state index contributed by atoms with van der Waals surface area (Å²) in [6.07, 6.45) is 1.99. The third-order valence-electron chi connectivity index (χ3n) is 3.45. The van der Waals surface area contributed by atoms with Gasteiger partial charge in [0.25, 0.3) is 15.0 Å². The molecule has 1 heterocycles. The Bertz CT molecular complexity index is 651.